The first-order valence-corrected chi connectivity index (χ1v) is 8.29. The number of amides is 1. The van der Waals surface area contributed by atoms with E-state index in [2.05, 4.69) is 5.32 Å². The molecule has 1 N–H and O–H groups in total. The number of hydrogen-bond donors (Lipinski definition) is 1. The largest absolute Gasteiger partial charge is 0.493 e. The second-order valence-corrected chi connectivity index (χ2v) is 5.72. The minimum absolute atomic E-state index is 0.0688. The molecule has 0 aliphatic rings. The number of methoxy groups -OCH3 is 2. The number of benzene rings is 2. The van der Waals surface area contributed by atoms with E-state index in [-0.39, 0.29) is 18.1 Å². The lowest BCUT2D eigenvalue weighted by molar-refractivity contribution is -0.116. The zero-order chi connectivity index (χ0) is 18.7. The third-order valence-electron chi connectivity index (χ3n) is 4.21. The summed E-state index contributed by atoms with van der Waals surface area (Å²) in [5, 5.41) is 2.79. The molecule has 0 fully saturated rings. The maximum Gasteiger partial charge on any atom is 0.329 e. The summed E-state index contributed by atoms with van der Waals surface area (Å²) in [5.74, 6) is 0.802. The molecule has 1 amide bonds. The molecule has 2 aromatic carbocycles. The molecule has 0 aliphatic carbocycles. The minimum Gasteiger partial charge on any atom is -0.493 e. The van der Waals surface area contributed by atoms with Crippen LogP contribution in [0.1, 0.15) is 6.92 Å². The molecule has 3 aromatic rings. The van der Waals surface area contributed by atoms with Gasteiger partial charge in [0.05, 0.1) is 25.3 Å². The van der Waals surface area contributed by atoms with Crippen molar-refractivity contribution in [1.29, 1.82) is 0 Å². The van der Waals surface area contributed by atoms with Crippen LogP contribution in [-0.2, 0) is 17.9 Å². The van der Waals surface area contributed by atoms with Crippen LogP contribution in [0.25, 0.3) is 11.0 Å². The lowest BCUT2D eigenvalue weighted by Crippen LogP contribution is -2.29. The molecule has 0 saturated carbocycles. The Balaban J connectivity index is 1.86. The zero-order valence-corrected chi connectivity index (χ0v) is 15.0. The van der Waals surface area contributed by atoms with Crippen molar-refractivity contribution in [1.82, 2.24) is 9.13 Å². The van der Waals surface area contributed by atoms with Gasteiger partial charge in [-0.05, 0) is 31.2 Å². The van der Waals surface area contributed by atoms with Gasteiger partial charge in [-0.1, -0.05) is 12.1 Å². The van der Waals surface area contributed by atoms with E-state index in [0.717, 1.165) is 11.0 Å². The van der Waals surface area contributed by atoms with Crippen molar-refractivity contribution < 1.29 is 14.3 Å². The summed E-state index contributed by atoms with van der Waals surface area (Å²) in [5.41, 5.74) is 1.93. The summed E-state index contributed by atoms with van der Waals surface area (Å²) in [4.78, 5) is 25.1. The first-order chi connectivity index (χ1) is 12.6. The number of nitrogens with one attached hydrogen (secondary N) is 1. The first-order valence-electron chi connectivity index (χ1n) is 8.29. The fraction of sp³-hybridized carbons (Fsp3) is 0.263. The van der Waals surface area contributed by atoms with Crippen LogP contribution < -0.4 is 20.5 Å². The van der Waals surface area contributed by atoms with Crippen molar-refractivity contribution in [2.75, 3.05) is 19.5 Å². The number of para-hydroxylation sites is 2. The quantitative estimate of drug-likeness (QED) is 0.737. The van der Waals surface area contributed by atoms with E-state index in [0.29, 0.717) is 23.7 Å². The second-order valence-electron chi connectivity index (χ2n) is 5.72. The van der Waals surface area contributed by atoms with Crippen LogP contribution >= 0.6 is 0 Å². The maximum atomic E-state index is 12.6. The van der Waals surface area contributed by atoms with Crippen LogP contribution in [0.15, 0.2) is 47.3 Å². The van der Waals surface area contributed by atoms with Gasteiger partial charge in [0.25, 0.3) is 0 Å². The van der Waals surface area contributed by atoms with E-state index < -0.39 is 0 Å². The molecule has 1 aromatic heterocycles. The number of fused-ring (bicyclic) bond motifs is 1. The zero-order valence-electron chi connectivity index (χ0n) is 15.0. The number of aryl methyl sites for hydroxylation is 1. The summed E-state index contributed by atoms with van der Waals surface area (Å²) in [6.07, 6.45) is 0. The fourth-order valence-corrected chi connectivity index (χ4v) is 2.99. The van der Waals surface area contributed by atoms with Gasteiger partial charge < -0.3 is 14.8 Å². The van der Waals surface area contributed by atoms with Crippen LogP contribution in [-0.4, -0.2) is 29.3 Å². The number of hydrogen-bond acceptors (Lipinski definition) is 4. The van der Waals surface area contributed by atoms with E-state index in [1.807, 2.05) is 31.2 Å². The number of anilines is 1. The van der Waals surface area contributed by atoms with Crippen molar-refractivity contribution >= 4 is 22.6 Å². The normalized spacial score (nSPS) is 10.7. The SMILES string of the molecule is CCn1c(=O)n(CC(=O)Nc2ccc(OC)c(OC)c2)c2ccccc21. The molecule has 1 heterocycles. The molecule has 26 heavy (non-hydrogen) atoms. The van der Waals surface area contributed by atoms with Crippen molar-refractivity contribution in [3.8, 4) is 11.5 Å². The third-order valence-corrected chi connectivity index (χ3v) is 4.21. The second kappa shape index (κ2) is 7.35. The summed E-state index contributed by atoms with van der Waals surface area (Å²) < 4.78 is 13.6. The number of aromatic nitrogens is 2. The highest BCUT2D eigenvalue weighted by Crippen LogP contribution is 2.29. The highest BCUT2D eigenvalue weighted by molar-refractivity contribution is 5.92. The molecular weight excluding hydrogens is 334 g/mol. The van der Waals surface area contributed by atoms with E-state index in [1.165, 1.54) is 11.7 Å². The molecule has 0 radical (unpaired) electrons. The molecule has 0 aliphatic heterocycles. The summed E-state index contributed by atoms with van der Waals surface area (Å²) >= 11 is 0. The van der Waals surface area contributed by atoms with Gasteiger partial charge in [-0.2, -0.15) is 0 Å². The number of imidazole rings is 1. The number of rotatable bonds is 6. The molecule has 136 valence electrons. The lowest BCUT2D eigenvalue weighted by atomic mass is 10.2. The molecule has 7 nitrogen and oxygen atoms in total. The molecular formula is C19H21N3O4. The van der Waals surface area contributed by atoms with Crippen LogP contribution in [0, 0.1) is 0 Å². The van der Waals surface area contributed by atoms with Crippen molar-refractivity contribution in [3.05, 3.63) is 52.9 Å². The van der Waals surface area contributed by atoms with Gasteiger partial charge in [-0.15, -0.1) is 0 Å². The van der Waals surface area contributed by atoms with Crippen LogP contribution in [0.4, 0.5) is 5.69 Å². The smallest absolute Gasteiger partial charge is 0.329 e. The van der Waals surface area contributed by atoms with Crippen LogP contribution in [0.3, 0.4) is 0 Å². The summed E-state index contributed by atoms with van der Waals surface area (Å²) in [6.45, 7) is 2.38. The Kier molecular flexibility index (Phi) is 4.97. The van der Waals surface area contributed by atoms with Gasteiger partial charge in [-0.3, -0.25) is 13.9 Å². The van der Waals surface area contributed by atoms with E-state index >= 15 is 0 Å². The maximum absolute atomic E-state index is 12.6. The Bertz CT molecular complexity index is 1000. The van der Waals surface area contributed by atoms with Gasteiger partial charge in [0.2, 0.25) is 5.91 Å². The number of carbonyl (C=O) groups excluding carboxylic acids is 1. The molecule has 0 bridgehead atoms. The van der Waals surface area contributed by atoms with E-state index in [4.69, 9.17) is 9.47 Å². The Hall–Kier alpha value is -3.22. The van der Waals surface area contributed by atoms with Crippen molar-refractivity contribution in [3.63, 3.8) is 0 Å². The van der Waals surface area contributed by atoms with Crippen molar-refractivity contribution in [2.24, 2.45) is 0 Å². The van der Waals surface area contributed by atoms with E-state index in [1.54, 1.807) is 29.9 Å². The van der Waals surface area contributed by atoms with E-state index in [9.17, 15) is 9.59 Å². The molecule has 0 atom stereocenters. The molecule has 3 rings (SSSR count). The predicted octanol–water partition coefficient (Wildman–Crippen LogP) is 2.48. The van der Waals surface area contributed by atoms with Gasteiger partial charge >= 0.3 is 5.69 Å². The topological polar surface area (TPSA) is 74.5 Å². The Morgan fingerprint density at radius 3 is 2.27 bits per heavy atom. The van der Waals surface area contributed by atoms with Gasteiger partial charge in [0.1, 0.15) is 6.54 Å². The minimum atomic E-state index is -0.293. The highest BCUT2D eigenvalue weighted by atomic mass is 16.5. The standard InChI is InChI=1S/C19H21N3O4/c1-4-21-14-7-5-6-8-15(14)22(19(21)24)12-18(23)20-13-9-10-16(25-2)17(11-13)26-3/h5-11H,4,12H2,1-3H3,(H,20,23). The number of nitrogens with zero attached hydrogens (tertiary/aromatic N) is 2. The predicted molar refractivity (Wildman–Crippen MR) is 100 cm³/mol. The van der Waals surface area contributed by atoms with Gasteiger partial charge in [0.15, 0.2) is 11.5 Å². The monoisotopic (exact) mass is 355 g/mol. The number of carbonyl (C=O) groups is 1. The molecule has 0 spiro atoms. The summed E-state index contributed by atoms with van der Waals surface area (Å²) in [6, 6.07) is 12.6. The average Bonchev–Trinajstić information content (AvgIpc) is 2.92. The highest BCUT2D eigenvalue weighted by Gasteiger charge is 2.15. The Morgan fingerprint density at radius 1 is 1.00 bits per heavy atom. The average molecular weight is 355 g/mol. The summed E-state index contributed by atoms with van der Waals surface area (Å²) in [7, 11) is 3.08. The Labute approximate surface area is 150 Å². The number of ether oxygens (including phenoxy) is 2. The van der Waals surface area contributed by atoms with Gasteiger partial charge in [0, 0.05) is 18.3 Å². The van der Waals surface area contributed by atoms with Gasteiger partial charge in [-0.25, -0.2) is 4.79 Å². The lowest BCUT2D eigenvalue weighted by Gasteiger charge is -2.11. The Morgan fingerprint density at radius 2 is 1.65 bits per heavy atom. The van der Waals surface area contributed by atoms with Crippen LogP contribution in [0.2, 0.25) is 0 Å². The van der Waals surface area contributed by atoms with Crippen LogP contribution in [0.5, 0.6) is 11.5 Å². The molecule has 0 saturated heterocycles. The molecule has 0 unspecified atom stereocenters. The first kappa shape index (κ1) is 17.6. The molecule has 7 heteroatoms. The van der Waals surface area contributed by atoms with Crippen molar-refractivity contribution in [2.45, 2.75) is 20.0 Å². The fourth-order valence-electron chi connectivity index (χ4n) is 2.99. The third kappa shape index (κ3) is 3.15.